The van der Waals surface area contributed by atoms with Crippen molar-refractivity contribution in [3.05, 3.63) is 42.7 Å². The summed E-state index contributed by atoms with van der Waals surface area (Å²) in [4.78, 5) is 26.5. The van der Waals surface area contributed by atoms with Crippen LogP contribution in [0.2, 0.25) is 0 Å². The Labute approximate surface area is 172 Å². The first-order chi connectivity index (χ1) is 14.6. The van der Waals surface area contributed by atoms with Crippen LogP contribution < -0.4 is 20.3 Å². The number of aromatic nitrogens is 5. The number of ether oxygens (including phenoxy) is 1. The van der Waals surface area contributed by atoms with Crippen LogP contribution in [0.5, 0.6) is 5.88 Å². The van der Waals surface area contributed by atoms with Crippen molar-refractivity contribution in [2.45, 2.75) is 12.5 Å². The van der Waals surface area contributed by atoms with Gasteiger partial charge in [0.1, 0.15) is 11.6 Å². The van der Waals surface area contributed by atoms with E-state index in [9.17, 15) is 4.79 Å². The van der Waals surface area contributed by atoms with Gasteiger partial charge in [-0.2, -0.15) is 15.2 Å². The van der Waals surface area contributed by atoms with Crippen molar-refractivity contribution in [3.8, 4) is 11.9 Å². The van der Waals surface area contributed by atoms with Gasteiger partial charge in [0.2, 0.25) is 23.7 Å². The van der Waals surface area contributed by atoms with E-state index in [1.54, 1.807) is 22.8 Å². The highest BCUT2D eigenvalue weighted by Crippen LogP contribution is 2.21. The molecular weight excluding hydrogens is 386 g/mol. The third-order valence-corrected chi connectivity index (χ3v) is 4.64. The number of rotatable bonds is 6. The minimum absolute atomic E-state index is 0.0942. The maximum Gasteiger partial charge on any atom is 0.247 e. The molecule has 1 aliphatic rings. The summed E-state index contributed by atoms with van der Waals surface area (Å²) in [5.41, 5.74) is 1.57. The Kier molecular flexibility index (Phi) is 5.13. The van der Waals surface area contributed by atoms with E-state index in [1.165, 1.54) is 19.4 Å². The van der Waals surface area contributed by atoms with Crippen molar-refractivity contribution in [3.63, 3.8) is 0 Å². The Bertz CT molecular complexity index is 1150. The fraction of sp³-hybridized carbons (Fsp3) is 0.263. The smallest absolute Gasteiger partial charge is 0.247 e. The van der Waals surface area contributed by atoms with Gasteiger partial charge in [-0.25, -0.2) is 9.50 Å². The second kappa shape index (κ2) is 8.04. The molecule has 3 aromatic heterocycles. The highest BCUT2D eigenvalue weighted by Gasteiger charge is 2.26. The topological polar surface area (TPSA) is 133 Å². The molecule has 1 fully saturated rings. The molecule has 1 saturated heterocycles. The minimum atomic E-state index is -0.287. The number of carbonyl (C=O) groups excluding carboxylic acids is 1. The number of hydrogen-bond acceptors (Lipinski definition) is 9. The molecule has 3 aromatic rings. The first-order valence-electron chi connectivity index (χ1n) is 9.22. The van der Waals surface area contributed by atoms with Crippen LogP contribution in [0.1, 0.15) is 12.0 Å². The van der Waals surface area contributed by atoms with E-state index in [2.05, 4.69) is 42.2 Å². The molecule has 1 amide bonds. The van der Waals surface area contributed by atoms with Crippen molar-refractivity contribution in [1.82, 2.24) is 24.6 Å². The Morgan fingerprint density at radius 1 is 1.43 bits per heavy atom. The number of methoxy groups -OCH3 is 1. The lowest BCUT2D eigenvalue weighted by atomic mass is 10.3. The maximum atomic E-state index is 11.5. The van der Waals surface area contributed by atoms with Gasteiger partial charge in [0.05, 0.1) is 25.2 Å². The number of carbonyl (C=O) groups is 1. The van der Waals surface area contributed by atoms with Gasteiger partial charge in [0.25, 0.3) is 0 Å². The van der Waals surface area contributed by atoms with Crippen LogP contribution in [0.3, 0.4) is 0 Å². The van der Waals surface area contributed by atoms with Gasteiger partial charge >= 0.3 is 0 Å². The van der Waals surface area contributed by atoms with Crippen molar-refractivity contribution in [2.75, 3.05) is 35.7 Å². The molecule has 0 spiro atoms. The first kappa shape index (κ1) is 19.1. The molecule has 1 aliphatic heterocycles. The van der Waals surface area contributed by atoms with Crippen LogP contribution in [0.25, 0.3) is 5.65 Å². The van der Waals surface area contributed by atoms with Crippen molar-refractivity contribution in [2.24, 2.45) is 0 Å². The van der Waals surface area contributed by atoms with Crippen molar-refractivity contribution in [1.29, 1.82) is 5.26 Å². The molecular formula is C19H19N9O2. The van der Waals surface area contributed by atoms with Crippen LogP contribution >= 0.6 is 0 Å². The number of nitrogens with one attached hydrogen (secondary N) is 2. The standard InChI is InChI=1S/C19H19N9O2/c1-3-16(29)22-13-4-5-15-24-19(26-28(15)11-13)27-7-6-14(10-27)23-18-21-9-12(8-20)17(25-18)30-2/h3-5,9,11,14H,1,6-7,10H2,2H3,(H,22,29)(H,21,23,25)/t14-/m1/s1. The van der Waals surface area contributed by atoms with E-state index < -0.39 is 0 Å². The molecule has 0 aliphatic carbocycles. The second-order valence-electron chi connectivity index (χ2n) is 6.63. The zero-order valence-corrected chi connectivity index (χ0v) is 16.2. The molecule has 0 aromatic carbocycles. The van der Waals surface area contributed by atoms with Crippen LogP contribution in [-0.4, -0.2) is 56.7 Å². The lowest BCUT2D eigenvalue weighted by Gasteiger charge is -2.15. The zero-order valence-electron chi connectivity index (χ0n) is 16.2. The molecule has 11 nitrogen and oxygen atoms in total. The zero-order chi connectivity index (χ0) is 21.1. The predicted octanol–water partition coefficient (Wildman–Crippen LogP) is 1.21. The van der Waals surface area contributed by atoms with E-state index in [4.69, 9.17) is 10.00 Å². The van der Waals surface area contributed by atoms with Gasteiger partial charge in [-0.15, -0.1) is 5.10 Å². The Morgan fingerprint density at radius 2 is 2.30 bits per heavy atom. The van der Waals surface area contributed by atoms with E-state index in [0.29, 0.717) is 29.8 Å². The monoisotopic (exact) mass is 405 g/mol. The fourth-order valence-electron chi connectivity index (χ4n) is 3.18. The number of nitrogens with zero attached hydrogens (tertiary/aromatic N) is 7. The van der Waals surface area contributed by atoms with Gasteiger partial charge in [0.15, 0.2) is 5.65 Å². The summed E-state index contributed by atoms with van der Waals surface area (Å²) in [5, 5.41) is 19.5. The Morgan fingerprint density at radius 3 is 3.07 bits per heavy atom. The van der Waals surface area contributed by atoms with Crippen molar-refractivity contribution >= 4 is 29.1 Å². The molecule has 0 bridgehead atoms. The average molecular weight is 405 g/mol. The lowest BCUT2D eigenvalue weighted by molar-refractivity contribution is -0.111. The summed E-state index contributed by atoms with van der Waals surface area (Å²) >= 11 is 0. The summed E-state index contributed by atoms with van der Waals surface area (Å²) in [5.74, 6) is 0.962. The molecule has 152 valence electrons. The quantitative estimate of drug-likeness (QED) is 0.580. The van der Waals surface area contributed by atoms with E-state index >= 15 is 0 Å². The van der Waals surface area contributed by atoms with E-state index in [-0.39, 0.29) is 23.4 Å². The summed E-state index contributed by atoms with van der Waals surface area (Å²) in [6.45, 7) is 4.88. The number of amides is 1. The van der Waals surface area contributed by atoms with Crippen LogP contribution in [0, 0.1) is 11.3 Å². The average Bonchev–Trinajstić information content (AvgIpc) is 3.40. The van der Waals surface area contributed by atoms with Crippen LogP contribution in [0.15, 0.2) is 37.2 Å². The van der Waals surface area contributed by atoms with Crippen LogP contribution in [0.4, 0.5) is 17.6 Å². The van der Waals surface area contributed by atoms with Gasteiger partial charge in [-0.3, -0.25) is 4.79 Å². The van der Waals surface area contributed by atoms with E-state index in [1.807, 2.05) is 6.07 Å². The number of pyridine rings is 1. The molecule has 11 heteroatoms. The largest absolute Gasteiger partial charge is 0.480 e. The highest BCUT2D eigenvalue weighted by atomic mass is 16.5. The third-order valence-electron chi connectivity index (χ3n) is 4.64. The molecule has 4 rings (SSSR count). The number of hydrogen-bond donors (Lipinski definition) is 2. The number of fused-ring (bicyclic) bond motifs is 1. The van der Waals surface area contributed by atoms with Crippen LogP contribution in [-0.2, 0) is 4.79 Å². The third kappa shape index (κ3) is 3.83. The Hall–Kier alpha value is -4.20. The summed E-state index contributed by atoms with van der Waals surface area (Å²) < 4.78 is 6.76. The van der Waals surface area contributed by atoms with Crippen molar-refractivity contribution < 1.29 is 9.53 Å². The van der Waals surface area contributed by atoms with Gasteiger partial charge in [-0.1, -0.05) is 6.58 Å². The Balaban J connectivity index is 1.45. The maximum absolute atomic E-state index is 11.5. The summed E-state index contributed by atoms with van der Waals surface area (Å²) in [6, 6.07) is 5.64. The predicted molar refractivity (Wildman–Crippen MR) is 109 cm³/mol. The molecule has 30 heavy (non-hydrogen) atoms. The normalized spacial score (nSPS) is 15.6. The molecule has 4 heterocycles. The summed E-state index contributed by atoms with van der Waals surface area (Å²) in [6.07, 6.45) is 5.20. The molecule has 0 unspecified atom stereocenters. The molecule has 0 saturated carbocycles. The highest BCUT2D eigenvalue weighted by molar-refractivity contribution is 5.98. The molecule has 2 N–H and O–H groups in total. The first-order valence-corrected chi connectivity index (χ1v) is 9.22. The fourth-order valence-corrected chi connectivity index (χ4v) is 3.18. The molecule has 1 atom stereocenters. The summed E-state index contributed by atoms with van der Waals surface area (Å²) in [7, 11) is 1.47. The number of nitriles is 1. The van der Waals surface area contributed by atoms with Gasteiger partial charge in [0, 0.05) is 19.1 Å². The lowest BCUT2D eigenvalue weighted by Crippen LogP contribution is -2.27. The SMILES string of the molecule is C=CC(=O)Nc1ccc2nc(N3CC[C@@H](Nc4ncc(C#N)c(OC)n4)C3)nn2c1. The van der Waals surface area contributed by atoms with Gasteiger partial charge in [-0.05, 0) is 24.6 Å². The van der Waals surface area contributed by atoms with E-state index in [0.717, 1.165) is 13.0 Å². The number of anilines is 3. The molecule has 0 radical (unpaired) electrons. The second-order valence-corrected chi connectivity index (χ2v) is 6.63. The van der Waals surface area contributed by atoms with Gasteiger partial charge < -0.3 is 20.3 Å². The minimum Gasteiger partial charge on any atom is -0.480 e.